The number of carbonyl (C=O) groups is 1. The summed E-state index contributed by atoms with van der Waals surface area (Å²) in [6.45, 7) is 1.49. The number of hydrogen-bond donors (Lipinski definition) is 2. The number of halogens is 7. The number of aromatic nitrogens is 3. The number of pyridine rings is 1. The summed E-state index contributed by atoms with van der Waals surface area (Å²) in [6.07, 6.45) is 3.02. The van der Waals surface area contributed by atoms with Crippen LogP contribution in [0.1, 0.15) is 29.7 Å². The predicted molar refractivity (Wildman–Crippen MR) is 119 cm³/mol. The molecule has 1 amide bonds. The summed E-state index contributed by atoms with van der Waals surface area (Å²) in [6, 6.07) is 5.14. The summed E-state index contributed by atoms with van der Waals surface area (Å²) in [4.78, 5) is 13.5. The van der Waals surface area contributed by atoms with Crippen molar-refractivity contribution in [2.24, 2.45) is 5.73 Å². The van der Waals surface area contributed by atoms with Gasteiger partial charge in [-0.15, -0.1) is 0 Å². The summed E-state index contributed by atoms with van der Waals surface area (Å²) >= 11 is 11.9. The maximum Gasteiger partial charge on any atom is 0.310 e. The maximum atomic E-state index is 13.3. The standard InChI is InChI=1S/C19H15Cl2F5N6OS/c1-10(18(28)33)16-15(8-27)31-32(19(16)30-9-11-2-4-29-5-3-11)17-13(20)6-12(7-14(17)21)34(22,23,24,25)26/h2-7,10,30H,9H2,1H3,(H2,28,33). The van der Waals surface area contributed by atoms with E-state index in [4.69, 9.17) is 28.9 Å². The monoisotopic (exact) mass is 540 g/mol. The second-order valence-electron chi connectivity index (χ2n) is 7.17. The van der Waals surface area contributed by atoms with Gasteiger partial charge in [0, 0.05) is 24.5 Å². The number of rotatable bonds is 7. The first-order chi connectivity index (χ1) is 15.5. The van der Waals surface area contributed by atoms with E-state index < -0.39 is 42.7 Å². The van der Waals surface area contributed by atoms with E-state index in [2.05, 4.69) is 15.4 Å². The average Bonchev–Trinajstić information content (AvgIpc) is 3.08. The van der Waals surface area contributed by atoms with Crippen molar-refractivity contribution >= 4 is 45.2 Å². The number of amides is 1. The first-order valence-corrected chi connectivity index (χ1v) is 11.9. The van der Waals surface area contributed by atoms with Crippen LogP contribution in [0.4, 0.5) is 25.2 Å². The van der Waals surface area contributed by atoms with Crippen molar-refractivity contribution < 1.29 is 24.2 Å². The summed E-state index contributed by atoms with van der Waals surface area (Å²) in [5.74, 6) is -1.93. The van der Waals surface area contributed by atoms with Gasteiger partial charge in [0.05, 0.1) is 16.0 Å². The Balaban J connectivity index is 2.26. The quantitative estimate of drug-likeness (QED) is 0.341. The minimum atomic E-state index is -10.1. The van der Waals surface area contributed by atoms with E-state index in [0.29, 0.717) is 5.56 Å². The lowest BCUT2D eigenvalue weighted by molar-refractivity contribution is -0.119. The molecule has 0 fully saturated rings. The normalized spacial score (nSPS) is 14.6. The Morgan fingerprint density at radius 1 is 1.21 bits per heavy atom. The van der Waals surface area contributed by atoms with Crippen molar-refractivity contribution in [3.8, 4) is 11.8 Å². The number of hydrogen-bond acceptors (Lipinski definition) is 5. The molecule has 0 saturated carbocycles. The molecule has 15 heteroatoms. The molecule has 3 aromatic rings. The molecule has 0 bridgehead atoms. The zero-order valence-electron chi connectivity index (χ0n) is 17.1. The first kappa shape index (κ1) is 25.5. The topological polar surface area (TPSA) is 110 Å². The number of nitrogens with two attached hydrogens (primary N) is 1. The molecule has 0 spiro atoms. The van der Waals surface area contributed by atoms with Gasteiger partial charge in [-0.3, -0.25) is 9.78 Å². The molecule has 0 aliphatic rings. The van der Waals surface area contributed by atoms with Gasteiger partial charge < -0.3 is 11.1 Å². The Labute approximate surface area is 200 Å². The lowest BCUT2D eigenvalue weighted by Crippen LogP contribution is -2.20. The molecule has 0 aliphatic carbocycles. The Hall–Kier alpha value is -3.08. The second kappa shape index (κ2) is 8.00. The number of anilines is 1. The fourth-order valence-corrected chi connectivity index (χ4v) is 4.51. The number of primary amides is 1. The second-order valence-corrected chi connectivity index (χ2v) is 10.4. The molecular weight excluding hydrogens is 526 g/mol. The highest BCUT2D eigenvalue weighted by molar-refractivity contribution is 8.45. The average molecular weight is 541 g/mol. The smallest absolute Gasteiger partial charge is 0.310 e. The van der Waals surface area contributed by atoms with Crippen molar-refractivity contribution in [3.05, 3.63) is 63.5 Å². The van der Waals surface area contributed by atoms with E-state index in [1.807, 2.05) is 0 Å². The van der Waals surface area contributed by atoms with Crippen molar-refractivity contribution in [3.63, 3.8) is 0 Å². The van der Waals surface area contributed by atoms with Crippen LogP contribution in [-0.4, -0.2) is 20.7 Å². The molecule has 7 nitrogen and oxygen atoms in total. The summed E-state index contributed by atoms with van der Waals surface area (Å²) in [5.41, 5.74) is 5.41. The Morgan fingerprint density at radius 3 is 2.24 bits per heavy atom. The van der Waals surface area contributed by atoms with Crippen molar-refractivity contribution in [2.75, 3.05) is 5.32 Å². The van der Waals surface area contributed by atoms with E-state index >= 15 is 0 Å². The van der Waals surface area contributed by atoms with Gasteiger partial charge in [-0.25, -0.2) is 4.68 Å². The minimum Gasteiger partial charge on any atom is -0.369 e. The lowest BCUT2D eigenvalue weighted by Gasteiger charge is -2.40. The van der Waals surface area contributed by atoms with Crippen LogP contribution in [0.5, 0.6) is 0 Å². The number of benzene rings is 1. The molecule has 3 rings (SSSR count). The molecule has 1 aromatic carbocycles. The fourth-order valence-electron chi connectivity index (χ4n) is 3.05. The molecule has 2 heterocycles. The summed E-state index contributed by atoms with van der Waals surface area (Å²) < 4.78 is 67.4. The summed E-state index contributed by atoms with van der Waals surface area (Å²) in [7, 11) is -10.1. The van der Waals surface area contributed by atoms with Gasteiger partial charge in [-0.1, -0.05) is 42.6 Å². The highest BCUT2D eigenvalue weighted by atomic mass is 35.5. The molecule has 2 aromatic heterocycles. The van der Waals surface area contributed by atoms with Crippen LogP contribution in [0, 0.1) is 11.3 Å². The SMILES string of the molecule is CC(C(N)=O)c1c(C#N)nn(-c2c(Cl)cc(S(F)(F)(F)(F)F)cc2Cl)c1NCc1ccncc1. The first-order valence-electron chi connectivity index (χ1n) is 9.22. The van der Waals surface area contributed by atoms with Crippen LogP contribution in [0.3, 0.4) is 0 Å². The predicted octanol–water partition coefficient (Wildman–Crippen LogP) is 6.30. The van der Waals surface area contributed by atoms with E-state index in [9.17, 15) is 29.5 Å². The zero-order valence-corrected chi connectivity index (χ0v) is 19.4. The van der Waals surface area contributed by atoms with Crippen LogP contribution in [0.2, 0.25) is 10.0 Å². The highest BCUT2D eigenvalue weighted by Gasteiger charge is 2.65. The van der Waals surface area contributed by atoms with Crippen LogP contribution in [0.25, 0.3) is 5.69 Å². The number of nitriles is 1. The van der Waals surface area contributed by atoms with Crippen molar-refractivity contribution in [1.82, 2.24) is 14.8 Å². The van der Waals surface area contributed by atoms with Gasteiger partial charge in [0.25, 0.3) is 0 Å². The molecule has 182 valence electrons. The third kappa shape index (κ3) is 5.19. The third-order valence-electron chi connectivity index (χ3n) is 4.74. The van der Waals surface area contributed by atoms with Gasteiger partial charge in [-0.2, -0.15) is 10.4 Å². The molecule has 1 atom stereocenters. The maximum absolute atomic E-state index is 13.3. The lowest BCUT2D eigenvalue weighted by atomic mass is 10.00. The van der Waals surface area contributed by atoms with Crippen molar-refractivity contribution in [1.29, 1.82) is 5.26 Å². The van der Waals surface area contributed by atoms with Gasteiger partial charge in [0.1, 0.15) is 22.5 Å². The van der Waals surface area contributed by atoms with Crippen molar-refractivity contribution in [2.45, 2.75) is 24.3 Å². The Morgan fingerprint density at radius 2 is 1.76 bits per heavy atom. The van der Waals surface area contributed by atoms with Crippen LogP contribution in [0.15, 0.2) is 41.6 Å². The highest BCUT2D eigenvalue weighted by Crippen LogP contribution is 3.02. The Kier molecular flexibility index (Phi) is 6.01. The van der Waals surface area contributed by atoms with E-state index in [1.165, 1.54) is 19.3 Å². The molecule has 0 aliphatic heterocycles. The van der Waals surface area contributed by atoms with Crippen LogP contribution < -0.4 is 11.1 Å². The molecular formula is C19H15Cl2F5N6OS. The third-order valence-corrected chi connectivity index (χ3v) is 6.45. The molecule has 3 N–H and O–H groups in total. The molecule has 1 unspecified atom stereocenters. The Bertz CT molecular complexity index is 1300. The van der Waals surface area contributed by atoms with Gasteiger partial charge >= 0.3 is 10.2 Å². The zero-order chi connectivity index (χ0) is 25.5. The number of nitrogens with zero attached hydrogens (tertiary/aromatic N) is 4. The van der Waals surface area contributed by atoms with E-state index in [1.54, 1.807) is 18.2 Å². The van der Waals surface area contributed by atoms with Crippen LogP contribution in [-0.2, 0) is 11.3 Å². The number of carbonyl (C=O) groups excluding carboxylic acids is 1. The van der Waals surface area contributed by atoms with E-state index in [-0.39, 0.29) is 35.8 Å². The molecule has 34 heavy (non-hydrogen) atoms. The van der Waals surface area contributed by atoms with Gasteiger partial charge in [0.2, 0.25) is 5.91 Å². The molecule has 0 saturated heterocycles. The largest absolute Gasteiger partial charge is 0.369 e. The van der Waals surface area contributed by atoms with Gasteiger partial charge in [-0.05, 0) is 36.8 Å². The summed E-state index contributed by atoms with van der Waals surface area (Å²) in [5, 5.41) is 14.9. The number of nitrogens with one attached hydrogen (secondary N) is 1. The molecule has 0 radical (unpaired) electrons. The minimum absolute atomic E-state index is 0.0213. The fraction of sp³-hybridized carbons (Fsp3) is 0.158. The van der Waals surface area contributed by atoms with Gasteiger partial charge in [0.15, 0.2) is 5.69 Å². The van der Waals surface area contributed by atoms with Crippen LogP contribution >= 0.6 is 33.4 Å². The van der Waals surface area contributed by atoms with E-state index in [0.717, 1.165) is 4.68 Å².